The van der Waals surface area contributed by atoms with Gasteiger partial charge in [-0.3, -0.25) is 0 Å². The van der Waals surface area contributed by atoms with Gasteiger partial charge in [-0.25, -0.2) is 4.79 Å². The third-order valence-corrected chi connectivity index (χ3v) is 3.49. The minimum atomic E-state index is -0.396. The van der Waals surface area contributed by atoms with Gasteiger partial charge >= 0.3 is 6.09 Å². The zero-order chi connectivity index (χ0) is 12.0. The highest BCUT2D eigenvalue weighted by Crippen LogP contribution is 2.36. The van der Waals surface area contributed by atoms with Crippen molar-refractivity contribution in [3.05, 3.63) is 0 Å². The van der Waals surface area contributed by atoms with Crippen molar-refractivity contribution in [2.75, 3.05) is 19.6 Å². The van der Waals surface area contributed by atoms with E-state index in [1.807, 2.05) is 25.7 Å². The molecule has 2 fully saturated rings. The van der Waals surface area contributed by atoms with E-state index < -0.39 is 5.60 Å². The fourth-order valence-corrected chi connectivity index (χ4v) is 2.49. The highest BCUT2D eigenvalue weighted by molar-refractivity contribution is 5.68. The Bertz CT molecular complexity index is 298. The average molecular weight is 226 g/mol. The molecule has 0 aromatic heterocycles. The molecule has 4 heteroatoms. The molecule has 2 aliphatic heterocycles. The van der Waals surface area contributed by atoms with E-state index in [2.05, 4.69) is 12.2 Å². The highest BCUT2D eigenvalue weighted by Gasteiger charge is 2.47. The largest absolute Gasteiger partial charge is 0.444 e. The van der Waals surface area contributed by atoms with E-state index >= 15 is 0 Å². The van der Waals surface area contributed by atoms with Crippen LogP contribution in [0.15, 0.2) is 0 Å². The molecule has 0 spiro atoms. The summed E-state index contributed by atoms with van der Waals surface area (Å²) < 4.78 is 5.40. The summed E-state index contributed by atoms with van der Waals surface area (Å²) in [5, 5.41) is 3.42. The molecule has 2 atom stereocenters. The summed E-state index contributed by atoms with van der Waals surface area (Å²) in [4.78, 5) is 13.8. The molecule has 1 unspecified atom stereocenters. The second kappa shape index (κ2) is 3.62. The Morgan fingerprint density at radius 2 is 2.19 bits per heavy atom. The number of nitrogens with one attached hydrogen (secondary N) is 1. The summed E-state index contributed by atoms with van der Waals surface area (Å²) in [5.74, 6) is 0. The first-order valence-electron chi connectivity index (χ1n) is 6.01. The minimum Gasteiger partial charge on any atom is -0.444 e. The number of piperidine rings is 1. The predicted molar refractivity (Wildman–Crippen MR) is 62.3 cm³/mol. The molecule has 0 bridgehead atoms. The Morgan fingerprint density at radius 3 is 2.62 bits per heavy atom. The molecule has 2 rings (SSSR count). The Hall–Kier alpha value is -0.770. The molecule has 4 nitrogen and oxygen atoms in total. The van der Waals surface area contributed by atoms with Gasteiger partial charge in [0.15, 0.2) is 0 Å². The predicted octanol–water partition coefficient (Wildman–Crippen LogP) is 1.61. The fraction of sp³-hybridized carbons (Fsp3) is 0.917. The van der Waals surface area contributed by atoms with Crippen molar-refractivity contribution in [1.82, 2.24) is 10.2 Å². The van der Waals surface area contributed by atoms with E-state index in [0.29, 0.717) is 6.04 Å². The zero-order valence-corrected chi connectivity index (χ0v) is 10.7. The van der Waals surface area contributed by atoms with Crippen molar-refractivity contribution in [3.63, 3.8) is 0 Å². The lowest BCUT2D eigenvalue weighted by Gasteiger charge is -2.54. The van der Waals surface area contributed by atoms with E-state index in [9.17, 15) is 4.79 Å². The lowest BCUT2D eigenvalue weighted by molar-refractivity contribution is -0.0245. The summed E-state index contributed by atoms with van der Waals surface area (Å²) in [5.41, 5.74) is -0.137. The van der Waals surface area contributed by atoms with E-state index in [0.717, 1.165) is 26.1 Å². The average Bonchev–Trinajstić information content (AvgIpc) is 2.09. The maximum atomic E-state index is 11.9. The van der Waals surface area contributed by atoms with Crippen LogP contribution in [0.1, 0.15) is 34.1 Å². The third kappa shape index (κ3) is 2.17. The Morgan fingerprint density at radius 1 is 1.50 bits per heavy atom. The quantitative estimate of drug-likeness (QED) is 0.682. The molecule has 2 saturated heterocycles. The first-order valence-corrected chi connectivity index (χ1v) is 6.01. The van der Waals surface area contributed by atoms with Crippen LogP contribution in [0.2, 0.25) is 0 Å². The second-order valence-corrected chi connectivity index (χ2v) is 6.28. The van der Waals surface area contributed by atoms with Crippen LogP contribution in [-0.4, -0.2) is 42.3 Å². The lowest BCUT2D eigenvalue weighted by Crippen LogP contribution is -2.69. The Balaban J connectivity index is 1.93. The lowest BCUT2D eigenvalue weighted by atomic mass is 9.71. The molecular formula is C12H22N2O2. The van der Waals surface area contributed by atoms with Crippen LogP contribution in [0.4, 0.5) is 4.79 Å². The number of ether oxygens (including phenoxy) is 1. The molecule has 16 heavy (non-hydrogen) atoms. The molecule has 0 radical (unpaired) electrons. The number of rotatable bonds is 0. The van der Waals surface area contributed by atoms with Crippen molar-refractivity contribution in [1.29, 1.82) is 0 Å². The van der Waals surface area contributed by atoms with Gasteiger partial charge in [-0.1, -0.05) is 6.92 Å². The monoisotopic (exact) mass is 226 g/mol. The Kier molecular flexibility index (Phi) is 2.65. The minimum absolute atomic E-state index is 0.168. The number of hydrogen-bond donors (Lipinski definition) is 1. The van der Waals surface area contributed by atoms with Gasteiger partial charge in [0.1, 0.15) is 5.60 Å². The third-order valence-electron chi connectivity index (χ3n) is 3.49. The van der Waals surface area contributed by atoms with E-state index in [4.69, 9.17) is 4.74 Å². The van der Waals surface area contributed by atoms with Crippen LogP contribution >= 0.6 is 0 Å². The van der Waals surface area contributed by atoms with Crippen LogP contribution < -0.4 is 5.32 Å². The molecule has 0 saturated carbocycles. The maximum Gasteiger partial charge on any atom is 0.410 e. The van der Waals surface area contributed by atoms with Gasteiger partial charge in [-0.2, -0.15) is 0 Å². The van der Waals surface area contributed by atoms with E-state index in [-0.39, 0.29) is 11.5 Å². The highest BCUT2D eigenvalue weighted by atomic mass is 16.6. The molecule has 92 valence electrons. The molecule has 2 heterocycles. The zero-order valence-electron chi connectivity index (χ0n) is 10.7. The summed E-state index contributed by atoms with van der Waals surface area (Å²) in [6, 6.07) is 0.589. The first-order chi connectivity index (χ1) is 7.30. The fourth-order valence-electron chi connectivity index (χ4n) is 2.49. The first kappa shape index (κ1) is 11.7. The molecule has 0 aromatic carbocycles. The van der Waals surface area contributed by atoms with Gasteiger partial charge in [0.2, 0.25) is 0 Å². The van der Waals surface area contributed by atoms with Crippen molar-refractivity contribution in [2.24, 2.45) is 5.41 Å². The van der Waals surface area contributed by atoms with Crippen LogP contribution in [0.5, 0.6) is 0 Å². The maximum absolute atomic E-state index is 11.9. The van der Waals surface area contributed by atoms with Gasteiger partial charge in [-0.15, -0.1) is 0 Å². The number of likely N-dealkylation sites (tertiary alicyclic amines) is 1. The standard InChI is InChI=1S/C12H22N2O2/c1-11(2,3)16-10(15)14-6-5-9-12(4,8-14)7-13-9/h9,13H,5-8H2,1-4H3/t9?,12-/m1/s1. The van der Waals surface area contributed by atoms with Crippen molar-refractivity contribution >= 4 is 6.09 Å². The number of carbonyl (C=O) groups is 1. The van der Waals surface area contributed by atoms with Gasteiger partial charge in [0.25, 0.3) is 0 Å². The van der Waals surface area contributed by atoms with Crippen LogP contribution in [0.3, 0.4) is 0 Å². The second-order valence-electron chi connectivity index (χ2n) is 6.28. The molecule has 1 amide bonds. The number of amides is 1. The van der Waals surface area contributed by atoms with Gasteiger partial charge in [0.05, 0.1) is 0 Å². The van der Waals surface area contributed by atoms with Crippen LogP contribution in [0, 0.1) is 5.41 Å². The summed E-state index contributed by atoms with van der Waals surface area (Å²) in [7, 11) is 0. The number of nitrogens with zero attached hydrogens (tertiary/aromatic N) is 1. The number of fused-ring (bicyclic) bond motifs is 1. The molecule has 2 aliphatic rings. The van der Waals surface area contributed by atoms with Crippen LogP contribution in [-0.2, 0) is 4.74 Å². The van der Waals surface area contributed by atoms with Crippen molar-refractivity contribution in [3.8, 4) is 0 Å². The SMILES string of the molecule is CC(C)(C)OC(=O)N1CCC2NC[C@]2(C)C1. The van der Waals surface area contributed by atoms with E-state index in [1.54, 1.807) is 0 Å². The van der Waals surface area contributed by atoms with Crippen molar-refractivity contribution in [2.45, 2.75) is 45.8 Å². The topological polar surface area (TPSA) is 41.6 Å². The molecule has 1 N–H and O–H groups in total. The van der Waals surface area contributed by atoms with Gasteiger partial charge in [0, 0.05) is 31.1 Å². The molecule has 0 aliphatic carbocycles. The Labute approximate surface area is 97.3 Å². The summed E-state index contributed by atoms with van der Waals surface area (Å²) in [6.07, 6.45) is 0.870. The normalized spacial score (nSPS) is 34.0. The summed E-state index contributed by atoms with van der Waals surface area (Å²) >= 11 is 0. The van der Waals surface area contributed by atoms with Gasteiger partial charge < -0.3 is 15.0 Å². The van der Waals surface area contributed by atoms with E-state index in [1.165, 1.54) is 0 Å². The number of hydrogen-bond acceptors (Lipinski definition) is 3. The smallest absolute Gasteiger partial charge is 0.410 e. The molecular weight excluding hydrogens is 204 g/mol. The van der Waals surface area contributed by atoms with Crippen molar-refractivity contribution < 1.29 is 9.53 Å². The van der Waals surface area contributed by atoms with Gasteiger partial charge in [-0.05, 0) is 27.2 Å². The number of carbonyl (C=O) groups excluding carboxylic acids is 1. The van der Waals surface area contributed by atoms with Crippen LogP contribution in [0.25, 0.3) is 0 Å². The molecule has 0 aromatic rings. The summed E-state index contributed by atoms with van der Waals surface area (Å²) in [6.45, 7) is 10.6.